The molecular weight excluding hydrogens is 373 g/mol. The Kier molecular flexibility index (Phi) is 5.29. The number of benzene rings is 2. The number of hydrogen-bond acceptors (Lipinski definition) is 3. The average Bonchev–Trinajstić information content (AvgIpc) is 3.11. The Morgan fingerprint density at radius 2 is 2.00 bits per heavy atom. The zero-order chi connectivity index (χ0) is 20.4. The highest BCUT2D eigenvalue weighted by Crippen LogP contribution is 2.33. The van der Waals surface area contributed by atoms with Crippen molar-refractivity contribution in [2.24, 2.45) is 0 Å². The number of halogens is 1. The number of anilines is 1. The van der Waals surface area contributed by atoms with E-state index in [1.165, 1.54) is 18.2 Å². The largest absolute Gasteiger partial charge is 0.347 e. The molecule has 0 spiro atoms. The maximum atomic E-state index is 13.6. The van der Waals surface area contributed by atoms with Gasteiger partial charge >= 0.3 is 0 Å². The minimum absolute atomic E-state index is 0.00534. The van der Waals surface area contributed by atoms with Gasteiger partial charge in [-0.05, 0) is 29.7 Å². The van der Waals surface area contributed by atoms with Crippen LogP contribution < -0.4 is 10.6 Å². The molecule has 2 atom stereocenters. The Balaban J connectivity index is 1.58. The van der Waals surface area contributed by atoms with Crippen LogP contribution >= 0.6 is 0 Å². The molecule has 2 aliphatic heterocycles. The number of carbonyl (C=O) groups excluding carboxylic acids is 3. The predicted octanol–water partition coefficient (Wildman–Crippen LogP) is 2.73. The molecule has 0 radical (unpaired) electrons. The van der Waals surface area contributed by atoms with Crippen LogP contribution in [0.15, 0.2) is 48.5 Å². The number of carbonyl (C=O) groups is 3. The Labute approximate surface area is 168 Å². The van der Waals surface area contributed by atoms with Gasteiger partial charge in [-0.25, -0.2) is 4.39 Å². The molecule has 2 aliphatic rings. The van der Waals surface area contributed by atoms with E-state index in [-0.39, 0.29) is 30.2 Å². The number of fused-ring (bicyclic) bond motifs is 1. The fourth-order valence-electron chi connectivity index (χ4n) is 3.98. The van der Waals surface area contributed by atoms with Crippen LogP contribution in [0.25, 0.3) is 0 Å². The van der Waals surface area contributed by atoms with Crippen LogP contribution in [-0.4, -0.2) is 35.7 Å². The number of nitrogens with zero attached hydrogens (tertiary/aromatic N) is 1. The number of hydrogen-bond donors (Lipinski definition) is 2. The number of nitrogens with one attached hydrogen (secondary N) is 2. The van der Waals surface area contributed by atoms with E-state index in [2.05, 4.69) is 10.6 Å². The van der Waals surface area contributed by atoms with Crippen LogP contribution in [0.3, 0.4) is 0 Å². The predicted molar refractivity (Wildman–Crippen MR) is 106 cm³/mol. The van der Waals surface area contributed by atoms with Gasteiger partial charge in [-0.15, -0.1) is 0 Å². The quantitative estimate of drug-likeness (QED) is 0.817. The summed E-state index contributed by atoms with van der Waals surface area (Å²) in [5.74, 6) is -1.74. The summed E-state index contributed by atoms with van der Waals surface area (Å²) in [6.07, 6.45) is 1.34. The number of likely N-dealkylation sites (tertiary alicyclic amines) is 1. The second kappa shape index (κ2) is 8.03. The molecule has 7 heteroatoms. The van der Waals surface area contributed by atoms with Crippen LogP contribution in [0.4, 0.5) is 10.1 Å². The van der Waals surface area contributed by atoms with E-state index in [1.807, 2.05) is 30.3 Å². The van der Waals surface area contributed by atoms with E-state index in [9.17, 15) is 18.8 Å². The lowest BCUT2D eigenvalue weighted by molar-refractivity contribution is -0.129. The monoisotopic (exact) mass is 395 g/mol. The van der Waals surface area contributed by atoms with E-state index in [4.69, 9.17) is 0 Å². The molecule has 2 aromatic carbocycles. The first kappa shape index (κ1) is 19.1. The van der Waals surface area contributed by atoms with Gasteiger partial charge in [-0.1, -0.05) is 36.4 Å². The van der Waals surface area contributed by atoms with Crippen molar-refractivity contribution in [2.75, 3.05) is 18.4 Å². The van der Waals surface area contributed by atoms with Crippen molar-refractivity contribution in [1.29, 1.82) is 0 Å². The Morgan fingerprint density at radius 1 is 1.21 bits per heavy atom. The zero-order valence-corrected chi connectivity index (χ0v) is 15.9. The molecule has 0 bridgehead atoms. The zero-order valence-electron chi connectivity index (χ0n) is 15.9. The lowest BCUT2D eigenvalue weighted by Gasteiger charge is -2.29. The first-order chi connectivity index (χ1) is 14.0. The molecule has 1 saturated heterocycles. The van der Waals surface area contributed by atoms with Crippen LogP contribution in [-0.2, 0) is 14.4 Å². The highest BCUT2D eigenvalue weighted by molar-refractivity contribution is 6.01. The van der Waals surface area contributed by atoms with Gasteiger partial charge in [0.25, 0.3) is 0 Å². The van der Waals surface area contributed by atoms with Gasteiger partial charge in [0.1, 0.15) is 5.82 Å². The fraction of sp³-hybridized carbons (Fsp3) is 0.318. The van der Waals surface area contributed by atoms with Gasteiger partial charge in [0.15, 0.2) is 0 Å². The van der Waals surface area contributed by atoms with Gasteiger partial charge in [0.05, 0.1) is 12.0 Å². The molecule has 4 rings (SSSR count). The van der Waals surface area contributed by atoms with Gasteiger partial charge in [0, 0.05) is 31.6 Å². The maximum absolute atomic E-state index is 13.6. The number of rotatable bonds is 5. The molecule has 2 aromatic rings. The van der Waals surface area contributed by atoms with Crippen molar-refractivity contribution in [3.05, 3.63) is 65.5 Å². The van der Waals surface area contributed by atoms with Crippen molar-refractivity contribution in [1.82, 2.24) is 10.2 Å². The third-order valence-electron chi connectivity index (χ3n) is 5.46. The first-order valence-electron chi connectivity index (χ1n) is 9.73. The van der Waals surface area contributed by atoms with Crippen molar-refractivity contribution in [3.63, 3.8) is 0 Å². The molecule has 150 valence electrons. The Bertz CT molecular complexity index is 948. The standard InChI is InChI=1S/C22H22FN3O3/c23-15-8-9-16-17(12-20(27)24-18(16)11-15)22(29)25-19(14-5-2-1-3-6-14)13-26-10-4-7-21(26)28/h1-3,5-6,8-9,11,17,19H,4,7,10,12-13H2,(H,24,27)(H,25,29). The highest BCUT2D eigenvalue weighted by Gasteiger charge is 2.33. The number of amides is 3. The van der Waals surface area contributed by atoms with Crippen molar-refractivity contribution in [3.8, 4) is 0 Å². The van der Waals surface area contributed by atoms with Gasteiger partial charge in [0.2, 0.25) is 17.7 Å². The van der Waals surface area contributed by atoms with Crippen LogP contribution in [0.1, 0.15) is 42.3 Å². The SMILES string of the molecule is O=C1CC(C(=O)NC(CN2CCCC2=O)c2ccccc2)c2ccc(F)cc2N1. The molecule has 6 nitrogen and oxygen atoms in total. The molecule has 0 aromatic heterocycles. The third-order valence-corrected chi connectivity index (χ3v) is 5.46. The van der Waals surface area contributed by atoms with Crippen LogP contribution in [0, 0.1) is 5.82 Å². The van der Waals surface area contributed by atoms with Gasteiger partial charge in [-0.3, -0.25) is 14.4 Å². The van der Waals surface area contributed by atoms with E-state index in [1.54, 1.807) is 4.90 Å². The van der Waals surface area contributed by atoms with Crippen molar-refractivity contribution >= 4 is 23.4 Å². The van der Waals surface area contributed by atoms with Gasteiger partial charge < -0.3 is 15.5 Å². The topological polar surface area (TPSA) is 78.5 Å². The smallest absolute Gasteiger partial charge is 0.228 e. The summed E-state index contributed by atoms with van der Waals surface area (Å²) >= 11 is 0. The van der Waals surface area contributed by atoms with Crippen LogP contribution in [0.2, 0.25) is 0 Å². The lowest BCUT2D eigenvalue weighted by Crippen LogP contribution is -2.42. The molecule has 3 amide bonds. The summed E-state index contributed by atoms with van der Waals surface area (Å²) in [5.41, 5.74) is 1.81. The molecule has 0 aliphatic carbocycles. The molecule has 2 heterocycles. The summed E-state index contributed by atoms with van der Waals surface area (Å²) in [6, 6.07) is 13.1. The fourth-order valence-corrected chi connectivity index (χ4v) is 3.98. The molecule has 2 unspecified atom stereocenters. The van der Waals surface area contributed by atoms with Gasteiger partial charge in [-0.2, -0.15) is 0 Å². The highest BCUT2D eigenvalue weighted by atomic mass is 19.1. The summed E-state index contributed by atoms with van der Waals surface area (Å²) in [4.78, 5) is 39.1. The minimum atomic E-state index is -0.708. The Morgan fingerprint density at radius 3 is 2.72 bits per heavy atom. The van der Waals surface area contributed by atoms with E-state index in [0.29, 0.717) is 30.8 Å². The summed E-state index contributed by atoms with van der Waals surface area (Å²) in [6.45, 7) is 1.05. The first-order valence-corrected chi connectivity index (χ1v) is 9.73. The van der Waals surface area contributed by atoms with E-state index in [0.717, 1.165) is 12.0 Å². The lowest BCUT2D eigenvalue weighted by atomic mass is 9.89. The second-order valence-corrected chi connectivity index (χ2v) is 7.45. The van der Waals surface area contributed by atoms with Crippen LogP contribution in [0.5, 0.6) is 0 Å². The second-order valence-electron chi connectivity index (χ2n) is 7.45. The van der Waals surface area contributed by atoms with Crippen molar-refractivity contribution in [2.45, 2.75) is 31.2 Å². The summed E-state index contributed by atoms with van der Waals surface area (Å²) < 4.78 is 13.6. The average molecular weight is 395 g/mol. The minimum Gasteiger partial charge on any atom is -0.347 e. The molecular formula is C22H22FN3O3. The normalized spacial score (nSPS) is 19.5. The molecule has 1 fully saturated rings. The summed E-state index contributed by atoms with van der Waals surface area (Å²) in [7, 11) is 0. The maximum Gasteiger partial charge on any atom is 0.228 e. The van der Waals surface area contributed by atoms with E-state index >= 15 is 0 Å². The molecule has 29 heavy (non-hydrogen) atoms. The third kappa shape index (κ3) is 4.13. The van der Waals surface area contributed by atoms with Crippen molar-refractivity contribution < 1.29 is 18.8 Å². The molecule has 2 N–H and O–H groups in total. The molecule has 0 saturated carbocycles. The summed E-state index contributed by atoms with van der Waals surface area (Å²) in [5, 5.41) is 5.64. The Hall–Kier alpha value is -3.22. The van der Waals surface area contributed by atoms with E-state index < -0.39 is 11.7 Å².